The number of nitrogens with zero attached hydrogens (tertiary/aromatic N) is 1. The molecule has 6 nitrogen and oxygen atoms in total. The van der Waals surface area contributed by atoms with Crippen molar-refractivity contribution in [3.63, 3.8) is 0 Å². The average molecular weight is 503 g/mol. The summed E-state index contributed by atoms with van der Waals surface area (Å²) in [7, 11) is 0. The van der Waals surface area contributed by atoms with Gasteiger partial charge in [-0.25, -0.2) is 0 Å². The maximum Gasteiger partial charge on any atom is 0.269 e. The molecule has 0 aliphatic carbocycles. The molecule has 190 valence electrons. The zero-order chi connectivity index (χ0) is 26.3. The number of fused-ring (bicyclic) bond motifs is 1. The van der Waals surface area contributed by atoms with Crippen LogP contribution in [-0.2, 0) is 19.5 Å². The smallest absolute Gasteiger partial charge is 0.269 e. The van der Waals surface area contributed by atoms with Gasteiger partial charge >= 0.3 is 0 Å². The van der Waals surface area contributed by atoms with Crippen molar-refractivity contribution in [2.45, 2.75) is 19.5 Å². The molecule has 0 bridgehead atoms. The van der Waals surface area contributed by atoms with Crippen LogP contribution in [0.5, 0.6) is 0 Å². The minimum atomic E-state index is -0.252. The molecule has 1 aliphatic heterocycles. The highest BCUT2D eigenvalue weighted by Crippen LogP contribution is 2.21. The van der Waals surface area contributed by atoms with Crippen molar-refractivity contribution in [3.05, 3.63) is 143 Å². The van der Waals surface area contributed by atoms with Gasteiger partial charge < -0.3 is 5.32 Å². The average Bonchev–Trinajstić information content (AvgIpc) is 2.96. The van der Waals surface area contributed by atoms with Gasteiger partial charge in [0.05, 0.1) is 5.70 Å². The number of hydrazine groups is 1. The van der Waals surface area contributed by atoms with E-state index in [2.05, 4.69) is 51.9 Å². The Balaban J connectivity index is 1.13. The van der Waals surface area contributed by atoms with Gasteiger partial charge in [-0.05, 0) is 59.5 Å². The Morgan fingerprint density at radius 1 is 0.711 bits per heavy atom. The van der Waals surface area contributed by atoms with Crippen molar-refractivity contribution < 1.29 is 9.59 Å². The van der Waals surface area contributed by atoms with E-state index in [-0.39, 0.29) is 11.8 Å². The normalized spacial score (nSPS) is 12.7. The Hall–Kier alpha value is -4.68. The maximum atomic E-state index is 12.7. The third-order valence-electron chi connectivity index (χ3n) is 6.66. The molecule has 0 spiro atoms. The molecule has 2 amide bonds. The summed E-state index contributed by atoms with van der Waals surface area (Å²) >= 11 is 0. The lowest BCUT2D eigenvalue weighted by atomic mass is 9.99. The summed E-state index contributed by atoms with van der Waals surface area (Å²) in [5, 5.41) is 2.88. The van der Waals surface area contributed by atoms with E-state index in [0.29, 0.717) is 22.5 Å². The van der Waals surface area contributed by atoms with E-state index in [1.807, 2.05) is 54.6 Å². The van der Waals surface area contributed by atoms with Gasteiger partial charge in [-0.1, -0.05) is 73.3 Å². The lowest BCUT2D eigenvalue weighted by Crippen LogP contribution is -2.35. The molecule has 0 atom stereocenters. The van der Waals surface area contributed by atoms with Crippen LogP contribution in [0.3, 0.4) is 0 Å². The predicted octanol–water partition coefficient (Wildman–Crippen LogP) is 5.40. The Kier molecular flexibility index (Phi) is 7.62. The number of rotatable bonds is 8. The second kappa shape index (κ2) is 11.6. The third-order valence-corrected chi connectivity index (χ3v) is 6.66. The molecule has 4 aromatic carbocycles. The van der Waals surface area contributed by atoms with E-state index in [1.165, 1.54) is 16.7 Å². The number of hydrogen-bond donors (Lipinski definition) is 3. The number of benzene rings is 4. The summed E-state index contributed by atoms with van der Waals surface area (Å²) < 4.78 is 0. The lowest BCUT2D eigenvalue weighted by Gasteiger charge is -2.28. The molecule has 4 aromatic rings. The van der Waals surface area contributed by atoms with E-state index in [0.717, 1.165) is 31.6 Å². The molecular weight excluding hydrogens is 472 g/mol. The van der Waals surface area contributed by atoms with Gasteiger partial charge in [-0.15, -0.1) is 0 Å². The summed E-state index contributed by atoms with van der Waals surface area (Å²) in [6.07, 6.45) is 1.06. The summed E-state index contributed by atoms with van der Waals surface area (Å²) in [4.78, 5) is 27.6. The molecule has 0 saturated heterocycles. The molecule has 0 aromatic heterocycles. The zero-order valence-corrected chi connectivity index (χ0v) is 21.1. The quantitative estimate of drug-likeness (QED) is 0.282. The Morgan fingerprint density at radius 2 is 1.39 bits per heavy atom. The molecule has 5 rings (SSSR count). The first kappa shape index (κ1) is 25.0. The minimum Gasteiger partial charge on any atom is -0.322 e. The van der Waals surface area contributed by atoms with Crippen LogP contribution >= 0.6 is 0 Å². The van der Waals surface area contributed by atoms with Crippen LogP contribution in [0, 0.1) is 0 Å². The van der Waals surface area contributed by atoms with E-state index in [1.54, 1.807) is 24.3 Å². The summed E-state index contributed by atoms with van der Waals surface area (Å²) in [6.45, 7) is 6.85. The largest absolute Gasteiger partial charge is 0.322 e. The molecule has 38 heavy (non-hydrogen) atoms. The van der Waals surface area contributed by atoms with Crippen LogP contribution in [0.1, 0.15) is 43.0 Å². The number of hydrogen-bond acceptors (Lipinski definition) is 4. The fraction of sp³-hybridized carbons (Fsp3) is 0.125. The topological polar surface area (TPSA) is 73.5 Å². The molecule has 3 N–H and O–H groups in total. The Labute approximate surface area is 223 Å². The molecule has 1 aliphatic rings. The molecule has 0 radical (unpaired) electrons. The van der Waals surface area contributed by atoms with E-state index in [4.69, 9.17) is 0 Å². The van der Waals surface area contributed by atoms with Gasteiger partial charge in [0.15, 0.2) is 0 Å². The first-order valence-corrected chi connectivity index (χ1v) is 12.7. The number of amides is 2. The van der Waals surface area contributed by atoms with Gasteiger partial charge in [0.25, 0.3) is 11.8 Å². The van der Waals surface area contributed by atoms with Gasteiger partial charge in [-0.3, -0.25) is 25.3 Å². The highest BCUT2D eigenvalue weighted by atomic mass is 16.2. The Bertz CT molecular complexity index is 1450. The van der Waals surface area contributed by atoms with E-state index < -0.39 is 0 Å². The number of nitrogens with one attached hydrogen (secondary N) is 3. The molecule has 1 heterocycles. The van der Waals surface area contributed by atoms with Crippen molar-refractivity contribution in [2.24, 2.45) is 0 Å². The molecule has 0 fully saturated rings. The van der Waals surface area contributed by atoms with Crippen LogP contribution in [0.2, 0.25) is 0 Å². The monoisotopic (exact) mass is 502 g/mol. The maximum absolute atomic E-state index is 12.7. The van der Waals surface area contributed by atoms with Gasteiger partial charge in [0.1, 0.15) is 0 Å². The summed E-state index contributed by atoms with van der Waals surface area (Å²) in [6, 6.07) is 32.6. The van der Waals surface area contributed by atoms with Crippen molar-refractivity contribution in [2.75, 3.05) is 11.9 Å². The summed E-state index contributed by atoms with van der Waals surface area (Å²) in [5.74, 6) is -0.443. The molecule has 0 saturated carbocycles. The fourth-order valence-corrected chi connectivity index (χ4v) is 4.56. The number of carbonyl (C=O) groups excluding carboxylic acids is 2. The molecule has 0 unspecified atom stereocenters. The third kappa shape index (κ3) is 6.17. The van der Waals surface area contributed by atoms with Crippen molar-refractivity contribution in [1.29, 1.82) is 0 Å². The SMILES string of the molecule is C=C(NNC(=O)c1ccc(CN2CCc3ccccc3C2)cc1)c1cccc(NC(=O)c2ccccc2)c1. The number of anilines is 1. The summed E-state index contributed by atoms with van der Waals surface area (Å²) in [5.41, 5.74) is 12.6. The first-order valence-electron chi connectivity index (χ1n) is 12.7. The number of carbonyl (C=O) groups is 2. The highest BCUT2D eigenvalue weighted by Gasteiger charge is 2.16. The van der Waals surface area contributed by atoms with Crippen LogP contribution < -0.4 is 16.2 Å². The first-order chi connectivity index (χ1) is 18.5. The Morgan fingerprint density at radius 3 is 2.18 bits per heavy atom. The highest BCUT2D eigenvalue weighted by molar-refractivity contribution is 6.04. The van der Waals surface area contributed by atoms with E-state index >= 15 is 0 Å². The van der Waals surface area contributed by atoms with Crippen molar-refractivity contribution in [1.82, 2.24) is 15.8 Å². The predicted molar refractivity (Wildman–Crippen MR) is 151 cm³/mol. The van der Waals surface area contributed by atoms with Crippen LogP contribution in [-0.4, -0.2) is 23.3 Å². The van der Waals surface area contributed by atoms with Crippen LogP contribution in [0.4, 0.5) is 5.69 Å². The molecule has 6 heteroatoms. The lowest BCUT2D eigenvalue weighted by molar-refractivity contribution is 0.0941. The van der Waals surface area contributed by atoms with Crippen LogP contribution in [0.25, 0.3) is 5.70 Å². The second-order valence-corrected chi connectivity index (χ2v) is 9.38. The van der Waals surface area contributed by atoms with Gasteiger partial charge in [-0.2, -0.15) is 0 Å². The standard InChI is InChI=1S/C32H30N4O2/c1-23(28-12-7-13-30(20-28)33-31(37)26-9-3-2-4-10-26)34-35-32(38)27-16-14-24(15-17-27)21-36-19-18-25-8-5-6-11-29(25)22-36/h2-17,20,34H,1,18-19,21-22H2,(H,33,37)(H,35,38). The fourth-order valence-electron chi connectivity index (χ4n) is 4.56. The van der Waals surface area contributed by atoms with Crippen molar-refractivity contribution in [3.8, 4) is 0 Å². The van der Waals surface area contributed by atoms with Gasteiger partial charge in [0, 0.05) is 42.0 Å². The van der Waals surface area contributed by atoms with Crippen LogP contribution in [0.15, 0.2) is 110 Å². The zero-order valence-electron chi connectivity index (χ0n) is 21.1. The minimum absolute atomic E-state index is 0.192. The van der Waals surface area contributed by atoms with E-state index in [9.17, 15) is 9.59 Å². The second-order valence-electron chi connectivity index (χ2n) is 9.38. The van der Waals surface area contributed by atoms with Crippen molar-refractivity contribution >= 4 is 23.2 Å². The van der Waals surface area contributed by atoms with Gasteiger partial charge in [0.2, 0.25) is 0 Å². The molecular formula is C32H30N4O2.